The van der Waals surface area contributed by atoms with E-state index in [1.165, 1.54) is 11.8 Å². The highest BCUT2D eigenvalue weighted by atomic mass is 35.5. The zero-order valence-corrected chi connectivity index (χ0v) is 19.7. The van der Waals surface area contributed by atoms with Gasteiger partial charge in [-0.15, -0.1) is 10.2 Å². The topological polar surface area (TPSA) is 107 Å². The SMILES string of the molecule is CC(Sc1nnc(C(C)NC(=O)c2ccc(Cl)cc2)n1C)C(=O)Nc1ccc2c(c1)OCO2. The van der Waals surface area contributed by atoms with Crippen molar-refractivity contribution in [2.45, 2.75) is 30.3 Å². The minimum atomic E-state index is -0.440. The van der Waals surface area contributed by atoms with E-state index < -0.39 is 11.3 Å². The van der Waals surface area contributed by atoms with Crippen LogP contribution in [0.1, 0.15) is 36.1 Å². The molecular weight excluding hydrogens is 466 g/mol. The van der Waals surface area contributed by atoms with Crippen molar-refractivity contribution in [3.8, 4) is 11.5 Å². The lowest BCUT2D eigenvalue weighted by Crippen LogP contribution is -2.28. The first-order valence-corrected chi connectivity index (χ1v) is 11.4. The molecule has 172 valence electrons. The number of carbonyl (C=O) groups is 2. The fourth-order valence-electron chi connectivity index (χ4n) is 3.18. The largest absolute Gasteiger partial charge is 0.454 e. The predicted octanol–water partition coefficient (Wildman–Crippen LogP) is 3.81. The molecule has 1 aliphatic heterocycles. The molecule has 2 unspecified atom stereocenters. The van der Waals surface area contributed by atoms with Crippen LogP contribution in [0.15, 0.2) is 47.6 Å². The van der Waals surface area contributed by atoms with E-state index in [4.69, 9.17) is 21.1 Å². The Bertz CT molecular complexity index is 1180. The van der Waals surface area contributed by atoms with Gasteiger partial charge in [0, 0.05) is 29.4 Å². The molecule has 3 aromatic rings. The molecule has 0 bridgehead atoms. The highest BCUT2D eigenvalue weighted by Crippen LogP contribution is 2.34. The molecule has 1 aliphatic rings. The van der Waals surface area contributed by atoms with Crippen molar-refractivity contribution in [3.05, 3.63) is 58.9 Å². The molecule has 2 aromatic carbocycles. The average Bonchev–Trinajstić information content (AvgIpc) is 3.40. The summed E-state index contributed by atoms with van der Waals surface area (Å²) in [5.41, 5.74) is 1.12. The molecule has 33 heavy (non-hydrogen) atoms. The van der Waals surface area contributed by atoms with Crippen LogP contribution in [0.2, 0.25) is 5.02 Å². The lowest BCUT2D eigenvalue weighted by atomic mass is 10.2. The van der Waals surface area contributed by atoms with Crippen LogP contribution < -0.4 is 20.1 Å². The molecule has 2 atom stereocenters. The fraction of sp³-hybridized carbons (Fsp3) is 0.273. The quantitative estimate of drug-likeness (QED) is 0.488. The Hall–Kier alpha value is -3.24. The number of nitrogens with zero attached hydrogens (tertiary/aromatic N) is 3. The third kappa shape index (κ3) is 5.23. The van der Waals surface area contributed by atoms with E-state index in [2.05, 4.69) is 20.8 Å². The Morgan fingerprint density at radius 3 is 2.58 bits per heavy atom. The van der Waals surface area contributed by atoms with Crippen LogP contribution in [-0.4, -0.2) is 38.6 Å². The second kappa shape index (κ2) is 9.72. The van der Waals surface area contributed by atoms with Gasteiger partial charge >= 0.3 is 0 Å². The number of nitrogens with one attached hydrogen (secondary N) is 2. The number of hydrogen-bond acceptors (Lipinski definition) is 7. The third-order valence-electron chi connectivity index (χ3n) is 5.00. The summed E-state index contributed by atoms with van der Waals surface area (Å²) in [4.78, 5) is 25.2. The number of fused-ring (bicyclic) bond motifs is 1. The van der Waals surface area contributed by atoms with Crippen molar-refractivity contribution in [2.75, 3.05) is 12.1 Å². The maximum Gasteiger partial charge on any atom is 0.251 e. The van der Waals surface area contributed by atoms with Gasteiger partial charge in [0.05, 0.1) is 11.3 Å². The normalized spacial score (nSPS) is 13.9. The van der Waals surface area contributed by atoms with Gasteiger partial charge in [-0.2, -0.15) is 0 Å². The van der Waals surface area contributed by atoms with Gasteiger partial charge in [-0.3, -0.25) is 9.59 Å². The van der Waals surface area contributed by atoms with Gasteiger partial charge < -0.3 is 24.7 Å². The van der Waals surface area contributed by atoms with Gasteiger partial charge in [0.1, 0.15) is 0 Å². The van der Waals surface area contributed by atoms with E-state index in [0.717, 1.165) is 0 Å². The summed E-state index contributed by atoms with van der Waals surface area (Å²) in [5.74, 6) is 1.39. The highest BCUT2D eigenvalue weighted by molar-refractivity contribution is 8.00. The monoisotopic (exact) mass is 487 g/mol. The van der Waals surface area contributed by atoms with Crippen molar-refractivity contribution in [3.63, 3.8) is 0 Å². The summed E-state index contributed by atoms with van der Waals surface area (Å²) < 4.78 is 12.4. The molecule has 1 aromatic heterocycles. The van der Waals surface area contributed by atoms with E-state index >= 15 is 0 Å². The summed E-state index contributed by atoms with van der Waals surface area (Å²) in [6, 6.07) is 11.5. The number of rotatable bonds is 7. The first kappa shape index (κ1) is 22.9. The number of anilines is 1. The second-order valence-electron chi connectivity index (χ2n) is 7.42. The van der Waals surface area contributed by atoms with Crippen molar-refractivity contribution in [1.82, 2.24) is 20.1 Å². The Morgan fingerprint density at radius 2 is 1.82 bits per heavy atom. The Kier molecular flexibility index (Phi) is 6.75. The Morgan fingerprint density at radius 1 is 1.09 bits per heavy atom. The molecule has 0 saturated carbocycles. The van der Waals surface area contributed by atoms with Crippen LogP contribution in [0.5, 0.6) is 11.5 Å². The molecule has 11 heteroatoms. The first-order valence-electron chi connectivity index (χ1n) is 10.1. The van der Waals surface area contributed by atoms with Crippen LogP contribution in [0.4, 0.5) is 5.69 Å². The number of halogens is 1. The van der Waals surface area contributed by atoms with Gasteiger partial charge in [-0.1, -0.05) is 23.4 Å². The number of amides is 2. The zero-order valence-electron chi connectivity index (χ0n) is 18.2. The summed E-state index contributed by atoms with van der Waals surface area (Å²) in [5, 5.41) is 14.9. The number of hydrogen-bond donors (Lipinski definition) is 2. The Balaban J connectivity index is 1.37. The Labute approximate surface area is 199 Å². The van der Waals surface area contributed by atoms with Crippen molar-refractivity contribution >= 4 is 40.9 Å². The van der Waals surface area contributed by atoms with Crippen LogP contribution in [0.3, 0.4) is 0 Å². The van der Waals surface area contributed by atoms with E-state index in [0.29, 0.717) is 38.8 Å². The van der Waals surface area contributed by atoms with Crippen LogP contribution in [-0.2, 0) is 11.8 Å². The van der Waals surface area contributed by atoms with E-state index in [1.807, 2.05) is 6.92 Å². The van der Waals surface area contributed by atoms with Crippen LogP contribution in [0, 0.1) is 0 Å². The summed E-state index contributed by atoms with van der Waals surface area (Å²) in [6.45, 7) is 3.78. The summed E-state index contributed by atoms with van der Waals surface area (Å²) >= 11 is 7.15. The molecular formula is C22H22ClN5O4S. The van der Waals surface area contributed by atoms with E-state index in [9.17, 15) is 9.59 Å². The minimum Gasteiger partial charge on any atom is -0.454 e. The molecule has 0 fully saturated rings. The highest BCUT2D eigenvalue weighted by Gasteiger charge is 2.23. The number of benzene rings is 2. The smallest absolute Gasteiger partial charge is 0.251 e. The second-order valence-corrected chi connectivity index (χ2v) is 9.16. The third-order valence-corrected chi connectivity index (χ3v) is 6.39. The van der Waals surface area contributed by atoms with Crippen LogP contribution >= 0.6 is 23.4 Å². The predicted molar refractivity (Wildman–Crippen MR) is 125 cm³/mol. The molecule has 4 rings (SSSR count). The van der Waals surface area contributed by atoms with Gasteiger partial charge in [-0.25, -0.2) is 0 Å². The van der Waals surface area contributed by atoms with Crippen molar-refractivity contribution < 1.29 is 19.1 Å². The molecule has 0 saturated heterocycles. The molecule has 0 spiro atoms. The van der Waals surface area contributed by atoms with Crippen LogP contribution in [0.25, 0.3) is 0 Å². The number of carbonyl (C=O) groups excluding carboxylic acids is 2. The lowest BCUT2D eigenvalue weighted by Gasteiger charge is -2.15. The molecule has 0 radical (unpaired) electrons. The van der Waals surface area contributed by atoms with Gasteiger partial charge in [0.15, 0.2) is 22.5 Å². The summed E-state index contributed by atoms with van der Waals surface area (Å²) in [6.07, 6.45) is 0. The molecule has 2 heterocycles. The number of aromatic nitrogens is 3. The van der Waals surface area contributed by atoms with Gasteiger partial charge in [0.25, 0.3) is 5.91 Å². The maximum absolute atomic E-state index is 12.7. The molecule has 2 N–H and O–H groups in total. The molecule has 0 aliphatic carbocycles. The average molecular weight is 488 g/mol. The minimum absolute atomic E-state index is 0.173. The van der Waals surface area contributed by atoms with Crippen molar-refractivity contribution in [1.29, 1.82) is 0 Å². The lowest BCUT2D eigenvalue weighted by molar-refractivity contribution is -0.115. The standard InChI is InChI=1S/C22H22ClN5O4S/c1-12(24-21(30)14-4-6-15(23)7-5-14)19-26-27-22(28(19)3)33-13(2)20(29)25-16-8-9-17-18(10-16)32-11-31-17/h4-10,12-13H,11H2,1-3H3,(H,24,30)(H,25,29). The van der Waals surface area contributed by atoms with E-state index in [-0.39, 0.29) is 18.6 Å². The first-order chi connectivity index (χ1) is 15.8. The van der Waals surface area contributed by atoms with E-state index in [1.54, 1.807) is 61.0 Å². The van der Waals surface area contributed by atoms with Gasteiger partial charge in [-0.05, 0) is 50.2 Å². The molecule has 9 nitrogen and oxygen atoms in total. The van der Waals surface area contributed by atoms with Crippen molar-refractivity contribution in [2.24, 2.45) is 7.05 Å². The number of ether oxygens (including phenoxy) is 2. The maximum atomic E-state index is 12.7. The fourth-order valence-corrected chi connectivity index (χ4v) is 4.13. The van der Waals surface area contributed by atoms with Gasteiger partial charge in [0.2, 0.25) is 12.7 Å². The number of thioether (sulfide) groups is 1. The summed E-state index contributed by atoms with van der Waals surface area (Å²) in [7, 11) is 1.80. The zero-order chi connectivity index (χ0) is 23.5. The molecule has 2 amide bonds.